The third-order valence-electron chi connectivity index (χ3n) is 5.32. The summed E-state index contributed by atoms with van der Waals surface area (Å²) >= 11 is 1.60. The highest BCUT2D eigenvalue weighted by Crippen LogP contribution is 2.36. The van der Waals surface area contributed by atoms with E-state index in [0.717, 1.165) is 16.0 Å². The van der Waals surface area contributed by atoms with Gasteiger partial charge in [0.05, 0.1) is 19.3 Å². The number of benzene rings is 3. The lowest BCUT2D eigenvalue weighted by molar-refractivity contribution is -0.228. The van der Waals surface area contributed by atoms with Crippen molar-refractivity contribution in [1.82, 2.24) is 0 Å². The van der Waals surface area contributed by atoms with Gasteiger partial charge in [-0.2, -0.15) is 0 Å². The van der Waals surface area contributed by atoms with Crippen LogP contribution < -0.4 is 0 Å². The number of thioether (sulfide) groups is 1. The molecule has 0 spiro atoms. The molecule has 1 N–H and O–H groups in total. The fraction of sp³-hybridized carbons (Fsp3) is 0.308. The lowest BCUT2D eigenvalue weighted by Gasteiger charge is -2.43. The number of aliphatic hydroxyl groups excluding tert-OH is 1. The van der Waals surface area contributed by atoms with Crippen LogP contribution in [0.4, 0.5) is 0 Å². The van der Waals surface area contributed by atoms with Gasteiger partial charge in [0.2, 0.25) is 0 Å². The van der Waals surface area contributed by atoms with Crippen LogP contribution in [0, 0.1) is 0 Å². The zero-order valence-electron chi connectivity index (χ0n) is 17.5. The topological polar surface area (TPSA) is 47.9 Å². The Balaban J connectivity index is 1.54. The van der Waals surface area contributed by atoms with Crippen LogP contribution in [0.25, 0.3) is 0 Å². The molecule has 1 aliphatic heterocycles. The Morgan fingerprint density at radius 2 is 1.23 bits per heavy atom. The number of aliphatic hydroxyl groups is 1. The van der Waals surface area contributed by atoms with Crippen LogP contribution >= 0.6 is 11.8 Å². The lowest BCUT2D eigenvalue weighted by atomic mass is 10.00. The van der Waals surface area contributed by atoms with Crippen molar-refractivity contribution in [3.63, 3.8) is 0 Å². The van der Waals surface area contributed by atoms with Gasteiger partial charge in [0.1, 0.15) is 23.7 Å². The van der Waals surface area contributed by atoms with Crippen molar-refractivity contribution < 1.29 is 19.3 Å². The molecule has 1 heterocycles. The zero-order valence-corrected chi connectivity index (χ0v) is 18.4. The molecule has 1 fully saturated rings. The standard InChI is InChI=1S/C26H28O4S/c1-19-23(27)24(28-17-20-11-5-2-6-12-20)25(29-18-21-13-7-3-8-14-21)26(30-19)31-22-15-9-4-10-16-22/h2-16,19,23-27H,17-18H2,1H3/t19-,23-,24+,25-,26+/m1/s1. The zero-order chi connectivity index (χ0) is 21.5. The van der Waals surface area contributed by atoms with Crippen LogP contribution in [0.2, 0.25) is 0 Å². The monoisotopic (exact) mass is 436 g/mol. The van der Waals surface area contributed by atoms with E-state index >= 15 is 0 Å². The lowest BCUT2D eigenvalue weighted by Crippen LogP contribution is -2.57. The van der Waals surface area contributed by atoms with E-state index in [0.29, 0.717) is 13.2 Å². The quantitative estimate of drug-likeness (QED) is 0.535. The highest BCUT2D eigenvalue weighted by Gasteiger charge is 2.45. The van der Waals surface area contributed by atoms with Crippen molar-refractivity contribution >= 4 is 11.8 Å². The first-order valence-corrected chi connectivity index (χ1v) is 11.4. The van der Waals surface area contributed by atoms with Crippen LogP contribution in [0.5, 0.6) is 0 Å². The molecule has 5 atom stereocenters. The van der Waals surface area contributed by atoms with Gasteiger partial charge in [-0.25, -0.2) is 0 Å². The Labute approximate surface area is 188 Å². The molecular weight excluding hydrogens is 408 g/mol. The molecule has 1 saturated heterocycles. The molecular formula is C26H28O4S. The number of hydrogen-bond donors (Lipinski definition) is 1. The molecule has 31 heavy (non-hydrogen) atoms. The Hall–Kier alpha value is -2.15. The molecule has 0 unspecified atom stereocenters. The fourth-order valence-electron chi connectivity index (χ4n) is 3.61. The van der Waals surface area contributed by atoms with Crippen molar-refractivity contribution in [2.75, 3.05) is 0 Å². The first kappa shape index (κ1) is 22.1. The Kier molecular flexibility index (Phi) is 7.78. The molecule has 0 aromatic heterocycles. The van der Waals surface area contributed by atoms with Crippen molar-refractivity contribution in [3.8, 4) is 0 Å². The third kappa shape index (κ3) is 5.97. The molecule has 4 nitrogen and oxygen atoms in total. The summed E-state index contributed by atoms with van der Waals surface area (Å²) in [6.45, 7) is 2.71. The second-order valence-electron chi connectivity index (χ2n) is 7.65. The summed E-state index contributed by atoms with van der Waals surface area (Å²) in [4.78, 5) is 1.09. The average Bonchev–Trinajstić information content (AvgIpc) is 2.81. The van der Waals surface area contributed by atoms with E-state index in [-0.39, 0.29) is 11.5 Å². The molecule has 1 aliphatic rings. The Morgan fingerprint density at radius 3 is 1.77 bits per heavy atom. The molecule has 0 radical (unpaired) electrons. The molecule has 0 saturated carbocycles. The van der Waals surface area contributed by atoms with E-state index in [1.165, 1.54) is 0 Å². The highest BCUT2D eigenvalue weighted by molar-refractivity contribution is 7.99. The molecule has 3 aromatic rings. The highest BCUT2D eigenvalue weighted by atomic mass is 32.2. The smallest absolute Gasteiger partial charge is 0.136 e. The summed E-state index contributed by atoms with van der Waals surface area (Å²) in [5, 5.41) is 10.9. The maximum atomic E-state index is 10.9. The van der Waals surface area contributed by atoms with Crippen LogP contribution in [0.3, 0.4) is 0 Å². The van der Waals surface area contributed by atoms with Crippen LogP contribution in [-0.4, -0.2) is 35.0 Å². The SMILES string of the molecule is C[C@H]1O[C@@H](Sc2ccccc2)[C@H](OCc2ccccc2)[C@@H](OCc2ccccc2)[C@@H]1O. The van der Waals surface area contributed by atoms with Gasteiger partial charge in [-0.15, -0.1) is 0 Å². The minimum Gasteiger partial charge on any atom is -0.388 e. The van der Waals surface area contributed by atoms with Crippen molar-refractivity contribution in [1.29, 1.82) is 0 Å². The average molecular weight is 437 g/mol. The first-order valence-electron chi connectivity index (χ1n) is 10.6. The predicted molar refractivity (Wildman–Crippen MR) is 123 cm³/mol. The van der Waals surface area contributed by atoms with Gasteiger partial charge in [0, 0.05) is 4.90 Å². The van der Waals surface area contributed by atoms with Gasteiger partial charge in [0.25, 0.3) is 0 Å². The van der Waals surface area contributed by atoms with Crippen LogP contribution in [-0.2, 0) is 27.4 Å². The Morgan fingerprint density at radius 1 is 0.742 bits per heavy atom. The minimum absolute atomic E-state index is 0.301. The van der Waals surface area contributed by atoms with Gasteiger partial charge in [-0.1, -0.05) is 90.6 Å². The predicted octanol–water partition coefficient (Wildman–Crippen LogP) is 5.06. The second kappa shape index (κ2) is 10.9. The normalized spacial score (nSPS) is 25.9. The fourth-order valence-corrected chi connectivity index (χ4v) is 4.79. The molecule has 0 bridgehead atoms. The van der Waals surface area contributed by atoms with Crippen LogP contribution in [0.15, 0.2) is 95.9 Å². The summed E-state index contributed by atoms with van der Waals surface area (Å²) in [5.41, 5.74) is 1.83. The summed E-state index contributed by atoms with van der Waals surface area (Å²) in [7, 11) is 0. The van der Waals surface area contributed by atoms with Gasteiger partial charge in [-0.05, 0) is 30.2 Å². The maximum Gasteiger partial charge on any atom is 0.136 e. The summed E-state index contributed by atoms with van der Waals surface area (Å²) < 4.78 is 18.8. The summed E-state index contributed by atoms with van der Waals surface area (Å²) in [5.74, 6) is 0. The van der Waals surface area contributed by atoms with E-state index < -0.39 is 18.3 Å². The molecule has 162 valence electrons. The minimum atomic E-state index is -0.780. The van der Waals surface area contributed by atoms with Gasteiger partial charge >= 0.3 is 0 Å². The van der Waals surface area contributed by atoms with Crippen molar-refractivity contribution in [2.45, 2.75) is 54.9 Å². The number of rotatable bonds is 8. The molecule has 4 rings (SSSR count). The van der Waals surface area contributed by atoms with Gasteiger partial charge in [-0.3, -0.25) is 0 Å². The van der Waals surface area contributed by atoms with Crippen LogP contribution in [0.1, 0.15) is 18.1 Å². The van der Waals surface area contributed by atoms with Crippen molar-refractivity contribution in [3.05, 3.63) is 102 Å². The first-order chi connectivity index (χ1) is 15.2. The van der Waals surface area contributed by atoms with Gasteiger partial charge < -0.3 is 19.3 Å². The number of ether oxygens (including phenoxy) is 3. The van der Waals surface area contributed by atoms with E-state index in [1.54, 1.807) is 11.8 Å². The van der Waals surface area contributed by atoms with E-state index in [2.05, 4.69) is 12.1 Å². The van der Waals surface area contributed by atoms with Crippen molar-refractivity contribution in [2.24, 2.45) is 0 Å². The van der Waals surface area contributed by atoms with E-state index in [1.807, 2.05) is 85.8 Å². The molecule has 3 aromatic carbocycles. The largest absolute Gasteiger partial charge is 0.388 e. The van der Waals surface area contributed by atoms with Gasteiger partial charge in [0.15, 0.2) is 0 Å². The number of hydrogen-bond acceptors (Lipinski definition) is 5. The summed E-state index contributed by atoms with van der Waals surface area (Å²) in [6.07, 6.45) is -2.08. The molecule has 0 aliphatic carbocycles. The summed E-state index contributed by atoms with van der Waals surface area (Å²) in [6, 6.07) is 30.1. The second-order valence-corrected chi connectivity index (χ2v) is 8.83. The van der Waals surface area contributed by atoms with E-state index in [4.69, 9.17) is 14.2 Å². The molecule has 5 heteroatoms. The maximum absolute atomic E-state index is 10.9. The Bertz CT molecular complexity index is 906. The molecule has 0 amide bonds. The van der Waals surface area contributed by atoms with E-state index in [9.17, 15) is 5.11 Å². The third-order valence-corrected chi connectivity index (χ3v) is 6.48.